The Morgan fingerprint density at radius 1 is 1.30 bits per heavy atom. The molecule has 1 unspecified atom stereocenters. The van der Waals surface area contributed by atoms with Crippen LogP contribution in [-0.4, -0.2) is 43.2 Å². The van der Waals surface area contributed by atoms with Crippen molar-refractivity contribution in [1.29, 1.82) is 0 Å². The van der Waals surface area contributed by atoms with E-state index < -0.39 is 17.9 Å². The molecule has 0 radical (unpaired) electrons. The molecule has 0 bridgehead atoms. The third-order valence-electron chi connectivity index (χ3n) is 5.39. The summed E-state index contributed by atoms with van der Waals surface area (Å²) in [6.45, 7) is 5.11. The SMILES string of the molecule is CC(=O)c1cc2nc(C)c(C(O)C(=O)O)c(-c3cc(F)c4c(c3C)CCCO4)n2n1. The number of aromatic nitrogens is 3. The Kier molecular flexibility index (Phi) is 4.77. The van der Waals surface area contributed by atoms with Crippen LogP contribution in [0.2, 0.25) is 0 Å². The molecule has 156 valence electrons. The Hall–Kier alpha value is -3.33. The molecule has 2 aromatic heterocycles. The highest BCUT2D eigenvalue weighted by Crippen LogP contribution is 2.40. The number of carboxylic acids is 1. The molecule has 0 aliphatic carbocycles. The van der Waals surface area contributed by atoms with E-state index in [0.29, 0.717) is 35.4 Å². The zero-order valence-corrected chi connectivity index (χ0v) is 16.7. The van der Waals surface area contributed by atoms with Crippen LogP contribution in [0.3, 0.4) is 0 Å². The number of ether oxygens (including phenoxy) is 1. The molecule has 3 heterocycles. The van der Waals surface area contributed by atoms with Crippen LogP contribution in [-0.2, 0) is 11.2 Å². The maximum absolute atomic E-state index is 14.9. The van der Waals surface area contributed by atoms with Gasteiger partial charge < -0.3 is 14.9 Å². The number of rotatable bonds is 4. The second kappa shape index (κ2) is 7.17. The number of hydrogen-bond acceptors (Lipinski definition) is 6. The van der Waals surface area contributed by atoms with Crippen LogP contribution in [0.25, 0.3) is 16.9 Å². The Labute approximate surface area is 170 Å². The molecule has 1 aliphatic heterocycles. The summed E-state index contributed by atoms with van der Waals surface area (Å²) in [4.78, 5) is 27.8. The first-order valence-corrected chi connectivity index (χ1v) is 9.48. The minimum absolute atomic E-state index is 0.00706. The van der Waals surface area contributed by atoms with Crippen molar-refractivity contribution in [3.8, 4) is 17.0 Å². The fourth-order valence-corrected chi connectivity index (χ4v) is 3.92. The number of fused-ring (bicyclic) bond motifs is 2. The number of carbonyl (C=O) groups is 2. The molecule has 0 saturated carbocycles. The van der Waals surface area contributed by atoms with Crippen LogP contribution >= 0.6 is 0 Å². The van der Waals surface area contributed by atoms with Crippen molar-refractivity contribution < 1.29 is 28.9 Å². The Morgan fingerprint density at radius 3 is 2.70 bits per heavy atom. The highest BCUT2D eigenvalue weighted by Gasteiger charge is 2.30. The molecule has 9 heteroatoms. The lowest BCUT2D eigenvalue weighted by Gasteiger charge is -2.24. The largest absolute Gasteiger partial charge is 0.490 e. The zero-order chi connectivity index (χ0) is 21.7. The molecule has 8 nitrogen and oxygen atoms in total. The summed E-state index contributed by atoms with van der Waals surface area (Å²) in [5.74, 6) is -2.16. The molecule has 1 aromatic carbocycles. The topological polar surface area (TPSA) is 114 Å². The van der Waals surface area contributed by atoms with Crippen LogP contribution in [0.4, 0.5) is 4.39 Å². The van der Waals surface area contributed by atoms with E-state index in [0.717, 1.165) is 6.42 Å². The number of Topliss-reactive ketones (excluding diaryl/α,β-unsaturated/α-hetero) is 1. The standard InChI is InChI=1S/C21H20FN3O5/c1-9-12-5-4-6-30-20(12)14(22)7-13(9)18-17(19(27)21(28)29)10(2)23-16-8-15(11(3)26)24-25(16)18/h7-8,19,27H,4-6H2,1-3H3,(H,28,29). The lowest BCUT2D eigenvalue weighted by atomic mass is 9.91. The number of hydrogen-bond donors (Lipinski definition) is 2. The molecule has 2 N–H and O–H groups in total. The van der Waals surface area contributed by atoms with Gasteiger partial charge in [0.2, 0.25) is 0 Å². The van der Waals surface area contributed by atoms with Gasteiger partial charge in [-0.3, -0.25) is 4.79 Å². The number of ketones is 1. The second-order valence-electron chi connectivity index (χ2n) is 7.35. The summed E-state index contributed by atoms with van der Waals surface area (Å²) >= 11 is 0. The predicted molar refractivity (Wildman–Crippen MR) is 104 cm³/mol. The first-order chi connectivity index (χ1) is 14.2. The molecule has 1 aliphatic rings. The lowest BCUT2D eigenvalue weighted by Crippen LogP contribution is -2.18. The summed E-state index contributed by atoms with van der Waals surface area (Å²) in [5, 5.41) is 24.1. The minimum Gasteiger partial charge on any atom is -0.490 e. The van der Waals surface area contributed by atoms with E-state index in [1.807, 2.05) is 0 Å². The fourth-order valence-electron chi connectivity index (χ4n) is 3.92. The summed E-state index contributed by atoms with van der Waals surface area (Å²) in [5.41, 5.74) is 2.59. The van der Waals surface area contributed by atoms with Crippen LogP contribution in [0.5, 0.6) is 5.75 Å². The summed E-state index contributed by atoms with van der Waals surface area (Å²) in [6.07, 6.45) is -0.576. The van der Waals surface area contributed by atoms with Crippen molar-refractivity contribution in [3.05, 3.63) is 46.0 Å². The number of halogens is 1. The fraction of sp³-hybridized carbons (Fsp3) is 0.333. The van der Waals surface area contributed by atoms with Crippen LogP contribution in [0.1, 0.15) is 52.3 Å². The van der Waals surface area contributed by atoms with Gasteiger partial charge in [-0.25, -0.2) is 18.7 Å². The van der Waals surface area contributed by atoms with Crippen molar-refractivity contribution >= 4 is 17.4 Å². The number of aliphatic carboxylic acids is 1. The maximum Gasteiger partial charge on any atom is 0.337 e. The van der Waals surface area contributed by atoms with E-state index in [2.05, 4.69) is 10.1 Å². The number of carbonyl (C=O) groups excluding carboxylic acids is 1. The van der Waals surface area contributed by atoms with E-state index in [-0.39, 0.29) is 34.2 Å². The van der Waals surface area contributed by atoms with E-state index in [4.69, 9.17) is 4.74 Å². The Bertz CT molecular complexity index is 1220. The van der Waals surface area contributed by atoms with Crippen molar-refractivity contribution in [2.24, 2.45) is 0 Å². The normalized spacial score (nSPS) is 14.3. The lowest BCUT2D eigenvalue weighted by molar-refractivity contribution is -0.147. The Morgan fingerprint density at radius 2 is 2.03 bits per heavy atom. The van der Waals surface area contributed by atoms with Gasteiger partial charge in [0.1, 0.15) is 5.69 Å². The molecule has 4 rings (SSSR count). The highest BCUT2D eigenvalue weighted by molar-refractivity contribution is 5.93. The molecular formula is C21H20FN3O5. The zero-order valence-electron chi connectivity index (χ0n) is 16.7. The smallest absolute Gasteiger partial charge is 0.337 e. The maximum atomic E-state index is 14.9. The third kappa shape index (κ3) is 3.02. The van der Waals surface area contributed by atoms with Crippen LogP contribution in [0.15, 0.2) is 12.1 Å². The van der Waals surface area contributed by atoms with Gasteiger partial charge in [0.15, 0.2) is 29.1 Å². The van der Waals surface area contributed by atoms with Gasteiger partial charge in [-0.15, -0.1) is 0 Å². The Balaban J connectivity index is 2.13. The van der Waals surface area contributed by atoms with Gasteiger partial charge in [-0.1, -0.05) is 0 Å². The van der Waals surface area contributed by atoms with Gasteiger partial charge in [-0.05, 0) is 38.3 Å². The molecule has 0 fully saturated rings. The van der Waals surface area contributed by atoms with E-state index >= 15 is 0 Å². The average molecular weight is 413 g/mol. The van der Waals surface area contributed by atoms with Crippen LogP contribution < -0.4 is 4.74 Å². The van der Waals surface area contributed by atoms with Crippen molar-refractivity contribution in [2.75, 3.05) is 6.61 Å². The first-order valence-electron chi connectivity index (χ1n) is 9.48. The van der Waals surface area contributed by atoms with E-state index in [1.54, 1.807) is 13.8 Å². The number of aryl methyl sites for hydroxylation is 1. The predicted octanol–water partition coefficient (Wildman–Crippen LogP) is 2.80. The molecule has 0 saturated heterocycles. The number of aliphatic hydroxyl groups is 1. The van der Waals surface area contributed by atoms with E-state index in [1.165, 1.54) is 23.6 Å². The summed E-state index contributed by atoms with van der Waals surface area (Å²) < 4.78 is 21.7. The van der Waals surface area contributed by atoms with Gasteiger partial charge in [0, 0.05) is 35.4 Å². The number of aliphatic hydroxyl groups excluding tert-OH is 1. The van der Waals surface area contributed by atoms with Crippen molar-refractivity contribution in [3.63, 3.8) is 0 Å². The molecule has 3 aromatic rings. The first kappa shape index (κ1) is 20.0. The molecule has 0 spiro atoms. The highest BCUT2D eigenvalue weighted by atomic mass is 19.1. The number of benzene rings is 1. The van der Waals surface area contributed by atoms with Gasteiger partial charge in [-0.2, -0.15) is 5.10 Å². The minimum atomic E-state index is -1.91. The van der Waals surface area contributed by atoms with Crippen LogP contribution in [0, 0.1) is 19.7 Å². The summed E-state index contributed by atoms with van der Waals surface area (Å²) in [6, 6.07) is 2.73. The number of nitrogens with zero attached hydrogens (tertiary/aromatic N) is 3. The molecule has 0 amide bonds. The monoisotopic (exact) mass is 413 g/mol. The van der Waals surface area contributed by atoms with Gasteiger partial charge in [0.25, 0.3) is 0 Å². The van der Waals surface area contributed by atoms with Crippen molar-refractivity contribution in [2.45, 2.75) is 39.7 Å². The average Bonchev–Trinajstić information content (AvgIpc) is 3.13. The number of carboxylic acid groups (broad SMARTS) is 1. The third-order valence-corrected chi connectivity index (χ3v) is 5.39. The second-order valence-corrected chi connectivity index (χ2v) is 7.35. The molecule has 30 heavy (non-hydrogen) atoms. The molecular weight excluding hydrogens is 393 g/mol. The van der Waals surface area contributed by atoms with Gasteiger partial charge in [0.05, 0.1) is 12.3 Å². The summed E-state index contributed by atoms with van der Waals surface area (Å²) in [7, 11) is 0. The quantitative estimate of drug-likeness (QED) is 0.632. The van der Waals surface area contributed by atoms with Gasteiger partial charge >= 0.3 is 5.97 Å². The van der Waals surface area contributed by atoms with E-state index in [9.17, 15) is 24.2 Å². The van der Waals surface area contributed by atoms with Crippen molar-refractivity contribution in [1.82, 2.24) is 14.6 Å². The molecule has 1 atom stereocenters.